The molecule has 0 spiro atoms. The average molecular weight is 375 g/mol. The molecule has 1 heterocycles. The minimum Gasteiger partial charge on any atom is -0.454 e. The van der Waals surface area contributed by atoms with Crippen molar-refractivity contribution in [1.29, 1.82) is 0 Å². The molecule has 1 saturated heterocycles. The highest BCUT2D eigenvalue weighted by atomic mass is 16.5. The van der Waals surface area contributed by atoms with Crippen LogP contribution in [0.15, 0.2) is 24.3 Å². The first-order valence-corrected chi connectivity index (χ1v) is 8.97. The maximum absolute atomic E-state index is 12.1. The molecule has 8 heteroatoms. The molecule has 1 aliphatic heterocycles. The zero-order chi connectivity index (χ0) is 19.8. The number of hydrogen-bond acceptors (Lipinski definition) is 5. The molecule has 2 rings (SSSR count). The van der Waals surface area contributed by atoms with Crippen LogP contribution in [-0.4, -0.2) is 49.9 Å². The lowest BCUT2D eigenvalue weighted by Gasteiger charge is -2.15. The Labute approximate surface area is 158 Å². The van der Waals surface area contributed by atoms with Crippen LogP contribution in [-0.2, 0) is 19.1 Å². The number of carbonyl (C=O) groups excluding carboxylic acids is 4. The van der Waals surface area contributed by atoms with Gasteiger partial charge in [0.05, 0.1) is 0 Å². The zero-order valence-corrected chi connectivity index (χ0v) is 15.6. The number of ether oxygens (including phenoxy) is 1. The van der Waals surface area contributed by atoms with Gasteiger partial charge in [0.1, 0.15) is 6.54 Å². The van der Waals surface area contributed by atoms with Crippen LogP contribution in [0.1, 0.15) is 37.0 Å². The van der Waals surface area contributed by atoms with E-state index >= 15 is 0 Å². The van der Waals surface area contributed by atoms with Crippen molar-refractivity contribution >= 4 is 29.4 Å². The number of benzene rings is 1. The van der Waals surface area contributed by atoms with E-state index in [9.17, 15) is 19.2 Å². The van der Waals surface area contributed by atoms with Gasteiger partial charge in [0.25, 0.3) is 11.8 Å². The quantitative estimate of drug-likeness (QED) is 0.656. The summed E-state index contributed by atoms with van der Waals surface area (Å²) in [5.74, 6) is -1.13. The number of hydrogen-bond donors (Lipinski definition) is 2. The zero-order valence-electron chi connectivity index (χ0n) is 15.6. The number of nitrogens with zero attached hydrogens (tertiary/aromatic N) is 1. The van der Waals surface area contributed by atoms with Gasteiger partial charge in [-0.15, -0.1) is 0 Å². The summed E-state index contributed by atoms with van der Waals surface area (Å²) in [5, 5.41) is 5.07. The molecule has 1 fully saturated rings. The number of nitrogens with one attached hydrogen (secondary N) is 2. The first-order valence-electron chi connectivity index (χ1n) is 8.97. The molecule has 0 aliphatic carbocycles. The highest BCUT2D eigenvalue weighted by molar-refractivity contribution is 5.98. The van der Waals surface area contributed by atoms with Crippen LogP contribution in [0.3, 0.4) is 0 Å². The summed E-state index contributed by atoms with van der Waals surface area (Å²) >= 11 is 0. The molecule has 27 heavy (non-hydrogen) atoms. The lowest BCUT2D eigenvalue weighted by Crippen LogP contribution is -2.35. The van der Waals surface area contributed by atoms with Crippen LogP contribution in [0.2, 0.25) is 0 Å². The molecule has 0 radical (unpaired) electrons. The molecular weight excluding hydrogens is 350 g/mol. The molecule has 0 aromatic heterocycles. The van der Waals surface area contributed by atoms with Crippen molar-refractivity contribution in [2.45, 2.75) is 26.7 Å². The fraction of sp³-hybridized carbons (Fsp3) is 0.474. The molecule has 3 amide bonds. The van der Waals surface area contributed by atoms with Crippen molar-refractivity contribution in [3.05, 3.63) is 29.8 Å². The number of carbonyl (C=O) groups is 4. The molecule has 1 aliphatic rings. The molecule has 1 aromatic carbocycles. The van der Waals surface area contributed by atoms with Gasteiger partial charge in [0.2, 0.25) is 5.91 Å². The van der Waals surface area contributed by atoms with Gasteiger partial charge < -0.3 is 20.3 Å². The van der Waals surface area contributed by atoms with E-state index in [1.165, 1.54) is 0 Å². The Morgan fingerprint density at radius 1 is 1.15 bits per heavy atom. The van der Waals surface area contributed by atoms with E-state index in [1.807, 2.05) is 13.8 Å². The second-order valence-electron chi connectivity index (χ2n) is 6.74. The van der Waals surface area contributed by atoms with Crippen LogP contribution in [0, 0.1) is 5.92 Å². The standard InChI is InChI=1S/C19H25N3O5/c1-13(2)10-20-16(23)12-27-18(25)11-21-19(26)14-5-7-15(8-6-14)22-9-3-4-17(22)24/h5-8,13H,3-4,9-12H2,1-2H3,(H,20,23)(H,21,26). The summed E-state index contributed by atoms with van der Waals surface area (Å²) in [5.41, 5.74) is 1.12. The summed E-state index contributed by atoms with van der Waals surface area (Å²) < 4.78 is 4.81. The maximum Gasteiger partial charge on any atom is 0.325 e. The number of rotatable bonds is 8. The van der Waals surface area contributed by atoms with Crippen molar-refractivity contribution in [2.75, 3.05) is 31.1 Å². The Balaban J connectivity index is 1.74. The van der Waals surface area contributed by atoms with Crippen molar-refractivity contribution in [3.8, 4) is 0 Å². The minimum atomic E-state index is -0.692. The van der Waals surface area contributed by atoms with Crippen molar-refractivity contribution in [2.24, 2.45) is 5.92 Å². The van der Waals surface area contributed by atoms with Crippen molar-refractivity contribution in [1.82, 2.24) is 10.6 Å². The van der Waals surface area contributed by atoms with Gasteiger partial charge >= 0.3 is 5.97 Å². The van der Waals surface area contributed by atoms with Gasteiger partial charge in [-0.2, -0.15) is 0 Å². The van der Waals surface area contributed by atoms with E-state index in [4.69, 9.17) is 4.74 Å². The molecule has 0 saturated carbocycles. The lowest BCUT2D eigenvalue weighted by molar-refractivity contribution is -0.147. The predicted molar refractivity (Wildman–Crippen MR) is 99.2 cm³/mol. The maximum atomic E-state index is 12.1. The number of esters is 1. The largest absolute Gasteiger partial charge is 0.454 e. The lowest BCUT2D eigenvalue weighted by atomic mass is 10.2. The second-order valence-corrected chi connectivity index (χ2v) is 6.74. The van der Waals surface area contributed by atoms with Crippen LogP contribution in [0.25, 0.3) is 0 Å². The van der Waals surface area contributed by atoms with Gasteiger partial charge in [-0.05, 0) is 36.6 Å². The topological polar surface area (TPSA) is 105 Å². The highest BCUT2D eigenvalue weighted by Gasteiger charge is 2.21. The van der Waals surface area contributed by atoms with Crippen LogP contribution in [0.5, 0.6) is 0 Å². The third-order valence-corrected chi connectivity index (χ3v) is 3.98. The monoisotopic (exact) mass is 375 g/mol. The fourth-order valence-electron chi connectivity index (χ4n) is 2.53. The fourth-order valence-corrected chi connectivity index (χ4v) is 2.53. The second kappa shape index (κ2) is 9.70. The van der Waals surface area contributed by atoms with E-state index in [-0.39, 0.29) is 25.0 Å². The Bertz CT molecular complexity index is 700. The van der Waals surface area contributed by atoms with E-state index in [0.29, 0.717) is 31.0 Å². The third-order valence-electron chi connectivity index (χ3n) is 3.98. The number of anilines is 1. The summed E-state index contributed by atoms with van der Waals surface area (Å²) in [6.45, 7) is 4.39. The van der Waals surface area contributed by atoms with Crippen LogP contribution in [0.4, 0.5) is 5.69 Å². The normalized spacial score (nSPS) is 13.6. The highest BCUT2D eigenvalue weighted by Crippen LogP contribution is 2.21. The van der Waals surface area contributed by atoms with Crippen molar-refractivity contribution < 1.29 is 23.9 Å². The Morgan fingerprint density at radius 2 is 1.85 bits per heavy atom. The SMILES string of the molecule is CC(C)CNC(=O)COC(=O)CNC(=O)c1ccc(N2CCCC2=O)cc1. The average Bonchev–Trinajstić information content (AvgIpc) is 3.08. The van der Waals surface area contributed by atoms with Crippen LogP contribution < -0.4 is 15.5 Å². The Hall–Kier alpha value is -2.90. The summed E-state index contributed by atoms with van der Waals surface area (Å²) in [6.07, 6.45) is 1.37. The minimum absolute atomic E-state index is 0.0763. The molecule has 0 unspecified atom stereocenters. The summed E-state index contributed by atoms with van der Waals surface area (Å²) in [6, 6.07) is 6.60. The van der Waals surface area contributed by atoms with E-state index in [0.717, 1.165) is 12.1 Å². The van der Waals surface area contributed by atoms with Gasteiger partial charge in [-0.1, -0.05) is 13.8 Å². The van der Waals surface area contributed by atoms with E-state index in [2.05, 4.69) is 10.6 Å². The van der Waals surface area contributed by atoms with E-state index in [1.54, 1.807) is 29.2 Å². The predicted octanol–water partition coefficient (Wildman–Crippen LogP) is 0.859. The van der Waals surface area contributed by atoms with Gasteiger partial charge in [0, 0.05) is 30.8 Å². The first-order chi connectivity index (χ1) is 12.9. The van der Waals surface area contributed by atoms with Gasteiger partial charge in [0.15, 0.2) is 6.61 Å². The molecule has 1 aromatic rings. The Morgan fingerprint density at radius 3 is 2.44 bits per heavy atom. The first kappa shape index (κ1) is 20.4. The molecule has 2 N–H and O–H groups in total. The molecule has 146 valence electrons. The van der Waals surface area contributed by atoms with E-state index < -0.39 is 11.9 Å². The van der Waals surface area contributed by atoms with Gasteiger partial charge in [-0.25, -0.2) is 0 Å². The molecule has 0 atom stereocenters. The number of amides is 3. The molecule has 8 nitrogen and oxygen atoms in total. The smallest absolute Gasteiger partial charge is 0.325 e. The van der Waals surface area contributed by atoms with Crippen molar-refractivity contribution in [3.63, 3.8) is 0 Å². The Kier molecular flexibility index (Phi) is 7.34. The molecular formula is C19H25N3O5. The summed E-state index contributed by atoms with van der Waals surface area (Å²) in [7, 11) is 0. The molecule has 0 bridgehead atoms. The summed E-state index contributed by atoms with van der Waals surface area (Å²) in [4.78, 5) is 48.6. The third kappa shape index (κ3) is 6.40. The van der Waals surface area contributed by atoms with Gasteiger partial charge in [-0.3, -0.25) is 19.2 Å². The van der Waals surface area contributed by atoms with Crippen LogP contribution >= 0.6 is 0 Å².